The number of amides is 1. The molecule has 1 aliphatic rings. The van der Waals surface area contributed by atoms with Gasteiger partial charge in [-0.25, -0.2) is 0 Å². The molecule has 1 aromatic carbocycles. The van der Waals surface area contributed by atoms with E-state index in [1.54, 1.807) is 0 Å². The Morgan fingerprint density at radius 3 is 2.39 bits per heavy atom. The molecule has 3 nitrogen and oxygen atoms in total. The second-order valence-electron chi connectivity index (χ2n) is 5.07. The van der Waals surface area contributed by atoms with Gasteiger partial charge in [0, 0.05) is 19.6 Å². The highest BCUT2D eigenvalue weighted by molar-refractivity contribution is 5.78. The predicted octanol–water partition coefficient (Wildman–Crippen LogP) is 1.95. The molecule has 1 amide bonds. The molecular weight excluding hydrogens is 224 g/mol. The Morgan fingerprint density at radius 1 is 1.28 bits per heavy atom. The first kappa shape index (κ1) is 13.1. The van der Waals surface area contributed by atoms with Crippen LogP contribution in [0.4, 0.5) is 0 Å². The van der Waals surface area contributed by atoms with Gasteiger partial charge >= 0.3 is 0 Å². The Morgan fingerprint density at radius 2 is 1.89 bits per heavy atom. The van der Waals surface area contributed by atoms with Crippen molar-refractivity contribution in [1.29, 1.82) is 0 Å². The maximum absolute atomic E-state index is 12.2. The zero-order valence-electron chi connectivity index (χ0n) is 11.1. The molecule has 0 aliphatic heterocycles. The predicted molar refractivity (Wildman–Crippen MR) is 73.0 cm³/mol. The van der Waals surface area contributed by atoms with E-state index in [9.17, 15) is 4.79 Å². The normalized spacial score (nSPS) is 14.6. The summed E-state index contributed by atoms with van der Waals surface area (Å²) in [4.78, 5) is 14.1. The van der Waals surface area contributed by atoms with E-state index in [1.165, 1.54) is 12.8 Å². The molecule has 1 aliphatic carbocycles. The Labute approximate surface area is 109 Å². The fourth-order valence-corrected chi connectivity index (χ4v) is 2.10. The highest BCUT2D eigenvalue weighted by Crippen LogP contribution is 2.29. The van der Waals surface area contributed by atoms with Gasteiger partial charge in [-0.15, -0.1) is 0 Å². The van der Waals surface area contributed by atoms with Gasteiger partial charge in [-0.05, 0) is 36.8 Å². The molecule has 1 saturated carbocycles. The van der Waals surface area contributed by atoms with Crippen LogP contribution in [-0.4, -0.2) is 23.9 Å². The zero-order chi connectivity index (χ0) is 13.0. The highest BCUT2D eigenvalue weighted by Gasteiger charge is 2.25. The number of hydrogen-bond acceptors (Lipinski definition) is 2. The number of benzene rings is 1. The summed E-state index contributed by atoms with van der Waals surface area (Å²) in [6.45, 7) is 4.36. The monoisotopic (exact) mass is 246 g/mol. The summed E-state index contributed by atoms with van der Waals surface area (Å²) in [6, 6.07) is 8.01. The summed E-state index contributed by atoms with van der Waals surface area (Å²) in [6.07, 6.45) is 3.08. The van der Waals surface area contributed by atoms with E-state index >= 15 is 0 Å². The van der Waals surface area contributed by atoms with E-state index in [0.29, 0.717) is 13.0 Å². The number of hydrogen-bond donors (Lipinski definition) is 1. The largest absolute Gasteiger partial charge is 0.342 e. The van der Waals surface area contributed by atoms with E-state index in [0.717, 1.165) is 30.1 Å². The molecule has 3 heteroatoms. The number of likely N-dealkylation sites (N-methyl/N-ethyl adjacent to an activating group) is 1. The number of nitrogens with zero attached hydrogens (tertiary/aromatic N) is 1. The van der Waals surface area contributed by atoms with E-state index in [1.807, 2.05) is 29.2 Å². The van der Waals surface area contributed by atoms with Gasteiger partial charge in [-0.2, -0.15) is 0 Å². The van der Waals surface area contributed by atoms with Crippen molar-refractivity contribution in [3.63, 3.8) is 0 Å². The van der Waals surface area contributed by atoms with E-state index in [-0.39, 0.29) is 5.91 Å². The van der Waals surface area contributed by atoms with Crippen LogP contribution in [0.3, 0.4) is 0 Å². The minimum Gasteiger partial charge on any atom is -0.342 e. The standard InChI is InChI=1S/C15H22N2O/c1-2-17(11-14-7-8-14)15(18)9-12-3-5-13(10-16)6-4-12/h3-6,14H,2,7-11,16H2,1H3. The molecule has 0 aromatic heterocycles. The van der Waals surface area contributed by atoms with Crippen molar-refractivity contribution in [3.8, 4) is 0 Å². The third-order valence-electron chi connectivity index (χ3n) is 3.52. The van der Waals surface area contributed by atoms with Crippen molar-refractivity contribution < 1.29 is 4.79 Å². The van der Waals surface area contributed by atoms with E-state index < -0.39 is 0 Å². The molecule has 1 fully saturated rings. The fraction of sp³-hybridized carbons (Fsp3) is 0.533. The molecule has 2 N–H and O–H groups in total. The molecule has 98 valence electrons. The number of rotatable bonds is 6. The maximum atomic E-state index is 12.2. The topological polar surface area (TPSA) is 46.3 Å². The quantitative estimate of drug-likeness (QED) is 0.834. The summed E-state index contributed by atoms with van der Waals surface area (Å²) in [5.41, 5.74) is 7.74. The van der Waals surface area contributed by atoms with Crippen LogP contribution < -0.4 is 5.73 Å². The average molecular weight is 246 g/mol. The van der Waals surface area contributed by atoms with Crippen LogP contribution in [0.15, 0.2) is 24.3 Å². The lowest BCUT2D eigenvalue weighted by Crippen LogP contribution is -2.33. The highest BCUT2D eigenvalue weighted by atomic mass is 16.2. The van der Waals surface area contributed by atoms with Gasteiger partial charge in [-0.1, -0.05) is 24.3 Å². The lowest BCUT2D eigenvalue weighted by atomic mass is 10.1. The van der Waals surface area contributed by atoms with E-state index in [4.69, 9.17) is 5.73 Å². The SMILES string of the molecule is CCN(CC1CC1)C(=O)Cc1ccc(CN)cc1. The summed E-state index contributed by atoms with van der Waals surface area (Å²) < 4.78 is 0. The lowest BCUT2D eigenvalue weighted by Gasteiger charge is -2.20. The van der Waals surface area contributed by atoms with Crippen molar-refractivity contribution >= 4 is 5.91 Å². The third-order valence-corrected chi connectivity index (χ3v) is 3.52. The summed E-state index contributed by atoms with van der Waals surface area (Å²) >= 11 is 0. The van der Waals surface area contributed by atoms with Crippen LogP contribution in [-0.2, 0) is 17.8 Å². The Balaban J connectivity index is 1.91. The minimum absolute atomic E-state index is 0.241. The molecule has 2 rings (SSSR count). The van der Waals surface area contributed by atoms with Gasteiger partial charge in [0.25, 0.3) is 0 Å². The first-order chi connectivity index (χ1) is 8.72. The van der Waals surface area contributed by atoms with Crippen LogP contribution in [0.2, 0.25) is 0 Å². The third kappa shape index (κ3) is 3.57. The van der Waals surface area contributed by atoms with Crippen molar-refractivity contribution in [1.82, 2.24) is 4.90 Å². The first-order valence-electron chi connectivity index (χ1n) is 6.78. The van der Waals surface area contributed by atoms with E-state index in [2.05, 4.69) is 6.92 Å². The van der Waals surface area contributed by atoms with Crippen LogP contribution in [0.1, 0.15) is 30.9 Å². The van der Waals surface area contributed by atoms with Gasteiger partial charge in [0.2, 0.25) is 5.91 Å². The zero-order valence-corrected chi connectivity index (χ0v) is 11.1. The van der Waals surface area contributed by atoms with Crippen molar-refractivity contribution in [2.45, 2.75) is 32.7 Å². The Kier molecular flexibility index (Phi) is 4.37. The number of carbonyl (C=O) groups is 1. The van der Waals surface area contributed by atoms with Crippen molar-refractivity contribution in [2.24, 2.45) is 11.7 Å². The molecule has 0 spiro atoms. The molecule has 0 saturated heterocycles. The van der Waals surface area contributed by atoms with Gasteiger partial charge in [0.05, 0.1) is 6.42 Å². The molecule has 0 bridgehead atoms. The van der Waals surface area contributed by atoms with Gasteiger partial charge in [-0.3, -0.25) is 4.79 Å². The Hall–Kier alpha value is -1.35. The molecule has 1 aromatic rings. The maximum Gasteiger partial charge on any atom is 0.226 e. The summed E-state index contributed by atoms with van der Waals surface area (Å²) in [5, 5.41) is 0. The summed E-state index contributed by atoms with van der Waals surface area (Å²) in [7, 11) is 0. The van der Waals surface area contributed by atoms with Crippen LogP contribution in [0.5, 0.6) is 0 Å². The molecule has 0 unspecified atom stereocenters. The van der Waals surface area contributed by atoms with Gasteiger partial charge in [0.15, 0.2) is 0 Å². The van der Waals surface area contributed by atoms with Gasteiger partial charge < -0.3 is 10.6 Å². The Bertz CT molecular complexity index is 395. The minimum atomic E-state index is 0.241. The smallest absolute Gasteiger partial charge is 0.226 e. The van der Waals surface area contributed by atoms with Crippen LogP contribution in [0, 0.1) is 5.92 Å². The average Bonchev–Trinajstić information content (AvgIpc) is 3.20. The second kappa shape index (κ2) is 6.01. The molecule has 0 atom stereocenters. The fourth-order valence-electron chi connectivity index (χ4n) is 2.10. The van der Waals surface area contributed by atoms with Crippen molar-refractivity contribution in [3.05, 3.63) is 35.4 Å². The van der Waals surface area contributed by atoms with Crippen molar-refractivity contribution in [2.75, 3.05) is 13.1 Å². The second-order valence-corrected chi connectivity index (χ2v) is 5.07. The molecule has 0 radical (unpaired) electrons. The van der Waals surface area contributed by atoms with Crippen LogP contribution in [0.25, 0.3) is 0 Å². The van der Waals surface area contributed by atoms with Crippen LogP contribution >= 0.6 is 0 Å². The molecular formula is C15H22N2O. The first-order valence-corrected chi connectivity index (χ1v) is 6.78. The summed E-state index contributed by atoms with van der Waals surface area (Å²) in [5.74, 6) is 0.999. The molecule has 0 heterocycles. The lowest BCUT2D eigenvalue weighted by molar-refractivity contribution is -0.130. The number of carbonyl (C=O) groups excluding carboxylic acids is 1. The number of nitrogens with two attached hydrogens (primary N) is 1. The molecule has 18 heavy (non-hydrogen) atoms. The van der Waals surface area contributed by atoms with Gasteiger partial charge in [0.1, 0.15) is 0 Å².